The molecule has 2 heterocycles. The lowest BCUT2D eigenvalue weighted by atomic mass is 10.1. The molecule has 154 valence electrons. The van der Waals surface area contributed by atoms with Crippen molar-refractivity contribution in [2.75, 3.05) is 19.9 Å². The summed E-state index contributed by atoms with van der Waals surface area (Å²) in [5.41, 5.74) is 3.30. The first kappa shape index (κ1) is 20.0. The maximum atomic E-state index is 12.6. The number of ether oxygens (including phenoxy) is 2. The fourth-order valence-electron chi connectivity index (χ4n) is 3.34. The SMILES string of the molecule is Cc1cc(C)cc(C(=O)NCCN2C(=O)S/C(=C\c3ccc4c(c3)OCO4)C2=O)c1. The van der Waals surface area contributed by atoms with Crippen LogP contribution in [0.25, 0.3) is 6.08 Å². The molecule has 2 aromatic carbocycles. The number of aryl methyl sites for hydroxylation is 2. The summed E-state index contributed by atoms with van der Waals surface area (Å²) in [6, 6.07) is 10.9. The zero-order chi connectivity index (χ0) is 21.3. The summed E-state index contributed by atoms with van der Waals surface area (Å²) < 4.78 is 10.6. The van der Waals surface area contributed by atoms with Gasteiger partial charge in [0.25, 0.3) is 17.1 Å². The molecular weight excluding hydrogens is 404 g/mol. The smallest absolute Gasteiger partial charge is 0.293 e. The second-order valence-electron chi connectivity index (χ2n) is 7.08. The van der Waals surface area contributed by atoms with Gasteiger partial charge in [-0.25, -0.2) is 0 Å². The topological polar surface area (TPSA) is 84.9 Å². The van der Waals surface area contributed by atoms with Crippen molar-refractivity contribution in [3.8, 4) is 11.5 Å². The molecule has 7 nitrogen and oxygen atoms in total. The number of hydrogen-bond donors (Lipinski definition) is 1. The summed E-state index contributed by atoms with van der Waals surface area (Å²) in [6.45, 7) is 4.32. The fraction of sp³-hybridized carbons (Fsp3) is 0.227. The molecule has 30 heavy (non-hydrogen) atoms. The van der Waals surface area contributed by atoms with Crippen molar-refractivity contribution >= 4 is 34.9 Å². The van der Waals surface area contributed by atoms with Crippen molar-refractivity contribution in [3.63, 3.8) is 0 Å². The van der Waals surface area contributed by atoms with E-state index in [4.69, 9.17) is 9.47 Å². The van der Waals surface area contributed by atoms with E-state index < -0.39 is 0 Å². The minimum Gasteiger partial charge on any atom is -0.454 e. The molecule has 8 heteroatoms. The van der Waals surface area contributed by atoms with E-state index >= 15 is 0 Å². The van der Waals surface area contributed by atoms with Crippen LogP contribution in [-0.4, -0.2) is 41.8 Å². The summed E-state index contributed by atoms with van der Waals surface area (Å²) in [7, 11) is 0. The van der Waals surface area contributed by atoms with Crippen molar-refractivity contribution in [1.29, 1.82) is 0 Å². The van der Waals surface area contributed by atoms with E-state index in [0.29, 0.717) is 22.0 Å². The molecule has 0 aromatic heterocycles. The number of thioether (sulfide) groups is 1. The van der Waals surface area contributed by atoms with Gasteiger partial charge in [-0.2, -0.15) is 0 Å². The van der Waals surface area contributed by atoms with Crippen LogP contribution in [0.5, 0.6) is 11.5 Å². The lowest BCUT2D eigenvalue weighted by molar-refractivity contribution is -0.122. The van der Waals surface area contributed by atoms with Gasteiger partial charge in [-0.3, -0.25) is 19.3 Å². The quantitative estimate of drug-likeness (QED) is 0.740. The zero-order valence-corrected chi connectivity index (χ0v) is 17.4. The molecule has 3 amide bonds. The molecule has 2 aliphatic rings. The predicted octanol–water partition coefficient (Wildman–Crippen LogP) is 3.50. The highest BCUT2D eigenvalue weighted by molar-refractivity contribution is 8.18. The predicted molar refractivity (Wildman–Crippen MR) is 113 cm³/mol. The largest absolute Gasteiger partial charge is 0.454 e. The number of hydrogen-bond acceptors (Lipinski definition) is 6. The van der Waals surface area contributed by atoms with Crippen LogP contribution >= 0.6 is 11.8 Å². The first-order chi connectivity index (χ1) is 14.4. The van der Waals surface area contributed by atoms with Gasteiger partial charge in [-0.1, -0.05) is 23.3 Å². The lowest BCUT2D eigenvalue weighted by Crippen LogP contribution is -2.37. The Morgan fingerprint density at radius 3 is 2.60 bits per heavy atom. The van der Waals surface area contributed by atoms with Crippen LogP contribution in [0.4, 0.5) is 4.79 Å². The molecule has 0 radical (unpaired) electrons. The van der Waals surface area contributed by atoms with Crippen molar-refractivity contribution in [3.05, 3.63) is 63.6 Å². The van der Waals surface area contributed by atoms with E-state index in [1.807, 2.05) is 19.9 Å². The molecule has 0 saturated carbocycles. The molecular formula is C22H20N2O5S. The minimum absolute atomic E-state index is 0.111. The van der Waals surface area contributed by atoms with Crippen LogP contribution in [0, 0.1) is 13.8 Å². The minimum atomic E-state index is -0.372. The number of nitrogens with zero attached hydrogens (tertiary/aromatic N) is 1. The lowest BCUT2D eigenvalue weighted by Gasteiger charge is -2.13. The van der Waals surface area contributed by atoms with E-state index in [9.17, 15) is 14.4 Å². The van der Waals surface area contributed by atoms with E-state index in [2.05, 4.69) is 5.32 Å². The molecule has 0 bridgehead atoms. The number of amides is 3. The number of nitrogens with one attached hydrogen (secondary N) is 1. The zero-order valence-electron chi connectivity index (χ0n) is 16.6. The molecule has 0 unspecified atom stereocenters. The Kier molecular flexibility index (Phi) is 5.50. The van der Waals surface area contributed by atoms with Gasteiger partial charge in [0.05, 0.1) is 4.91 Å². The number of imide groups is 1. The van der Waals surface area contributed by atoms with Crippen molar-refractivity contribution in [2.45, 2.75) is 13.8 Å². The van der Waals surface area contributed by atoms with Gasteiger partial charge in [0.2, 0.25) is 6.79 Å². The third kappa shape index (κ3) is 4.18. The number of fused-ring (bicyclic) bond motifs is 1. The Morgan fingerprint density at radius 1 is 1.10 bits per heavy atom. The van der Waals surface area contributed by atoms with Crippen LogP contribution in [0.3, 0.4) is 0 Å². The van der Waals surface area contributed by atoms with Gasteiger partial charge in [0, 0.05) is 18.7 Å². The maximum Gasteiger partial charge on any atom is 0.293 e. The highest BCUT2D eigenvalue weighted by Crippen LogP contribution is 2.36. The third-order valence-corrected chi connectivity index (χ3v) is 5.58. The van der Waals surface area contributed by atoms with Gasteiger partial charge in [0.15, 0.2) is 11.5 Å². The number of rotatable bonds is 5. The summed E-state index contributed by atoms with van der Waals surface area (Å²) >= 11 is 0.883. The van der Waals surface area contributed by atoms with E-state index in [1.165, 1.54) is 0 Å². The summed E-state index contributed by atoms with van der Waals surface area (Å²) in [6.07, 6.45) is 1.65. The molecule has 2 aliphatic heterocycles. The molecule has 4 rings (SSSR count). The molecule has 1 fully saturated rings. The van der Waals surface area contributed by atoms with Crippen LogP contribution in [0.15, 0.2) is 41.3 Å². The van der Waals surface area contributed by atoms with Gasteiger partial charge in [-0.05, 0) is 61.5 Å². The Hall–Kier alpha value is -3.26. The maximum absolute atomic E-state index is 12.6. The van der Waals surface area contributed by atoms with E-state index in [-0.39, 0.29) is 36.9 Å². The third-order valence-electron chi connectivity index (χ3n) is 4.67. The van der Waals surface area contributed by atoms with Gasteiger partial charge in [-0.15, -0.1) is 0 Å². The van der Waals surface area contributed by atoms with Crippen LogP contribution in [0.1, 0.15) is 27.0 Å². The van der Waals surface area contributed by atoms with E-state index in [0.717, 1.165) is 33.4 Å². The van der Waals surface area contributed by atoms with Gasteiger partial charge >= 0.3 is 0 Å². The highest BCUT2D eigenvalue weighted by Gasteiger charge is 2.34. The Balaban J connectivity index is 1.38. The van der Waals surface area contributed by atoms with Crippen molar-refractivity contribution in [1.82, 2.24) is 10.2 Å². The first-order valence-corrected chi connectivity index (χ1v) is 10.2. The highest BCUT2D eigenvalue weighted by atomic mass is 32.2. The second kappa shape index (κ2) is 8.23. The van der Waals surface area contributed by atoms with Gasteiger partial charge in [0.1, 0.15) is 0 Å². The Bertz CT molecular complexity index is 1060. The normalized spacial score (nSPS) is 16.5. The summed E-state index contributed by atoms with van der Waals surface area (Å²) in [5, 5.41) is 2.42. The first-order valence-electron chi connectivity index (χ1n) is 9.42. The van der Waals surface area contributed by atoms with E-state index in [1.54, 1.807) is 36.4 Å². The number of carbonyl (C=O) groups is 3. The standard InChI is InChI=1S/C22H20N2O5S/c1-13-7-14(2)9-16(8-13)20(25)23-5-6-24-21(26)19(30-22(24)27)11-15-3-4-17-18(10-15)29-12-28-17/h3-4,7-11H,5-6,12H2,1-2H3,(H,23,25)/b19-11-. The van der Waals surface area contributed by atoms with Crippen LogP contribution in [0.2, 0.25) is 0 Å². The van der Waals surface area contributed by atoms with Crippen LogP contribution < -0.4 is 14.8 Å². The Labute approximate surface area is 178 Å². The second-order valence-corrected chi connectivity index (χ2v) is 8.07. The molecule has 0 spiro atoms. The number of benzene rings is 2. The Morgan fingerprint density at radius 2 is 1.83 bits per heavy atom. The monoisotopic (exact) mass is 424 g/mol. The molecule has 1 N–H and O–H groups in total. The van der Waals surface area contributed by atoms with Crippen molar-refractivity contribution < 1.29 is 23.9 Å². The molecule has 2 aromatic rings. The summed E-state index contributed by atoms with van der Waals surface area (Å²) in [4.78, 5) is 38.7. The molecule has 0 aliphatic carbocycles. The average Bonchev–Trinajstić information content (AvgIpc) is 3.26. The molecule has 1 saturated heterocycles. The number of carbonyl (C=O) groups excluding carboxylic acids is 3. The summed E-state index contributed by atoms with van der Waals surface area (Å²) in [5.74, 6) is 0.657. The van der Waals surface area contributed by atoms with Crippen LogP contribution in [-0.2, 0) is 4.79 Å². The average molecular weight is 424 g/mol. The van der Waals surface area contributed by atoms with Gasteiger partial charge < -0.3 is 14.8 Å². The fourth-order valence-corrected chi connectivity index (χ4v) is 4.20. The molecule has 0 atom stereocenters. The van der Waals surface area contributed by atoms with Crippen molar-refractivity contribution in [2.24, 2.45) is 0 Å².